The number of piperidine rings is 1. The Kier molecular flexibility index (Phi) is 10.3. The lowest BCUT2D eigenvalue weighted by Gasteiger charge is -2.27. The topological polar surface area (TPSA) is 59.0 Å². The van der Waals surface area contributed by atoms with Gasteiger partial charge in [-0.15, -0.1) is 24.8 Å². The van der Waals surface area contributed by atoms with Crippen molar-refractivity contribution in [2.45, 2.75) is 39.3 Å². The lowest BCUT2D eigenvalue weighted by Crippen LogP contribution is -2.33. The highest BCUT2D eigenvalue weighted by molar-refractivity contribution is 5.85. The van der Waals surface area contributed by atoms with Gasteiger partial charge in [-0.2, -0.15) is 8.78 Å². The number of hydrogen-bond donors (Lipinski definition) is 2. The average molecular weight is 373 g/mol. The van der Waals surface area contributed by atoms with Crippen molar-refractivity contribution >= 4 is 30.7 Å². The predicted molar refractivity (Wildman–Crippen MR) is 89.2 cm³/mol. The minimum atomic E-state index is -2.63. The van der Waals surface area contributed by atoms with E-state index in [2.05, 4.69) is 22.5 Å². The van der Waals surface area contributed by atoms with Crippen LogP contribution in [0.25, 0.3) is 0 Å². The van der Waals surface area contributed by atoms with E-state index in [1.54, 1.807) is 0 Å². The zero-order valence-corrected chi connectivity index (χ0v) is 14.6. The molecule has 0 spiro atoms. The van der Waals surface area contributed by atoms with Gasteiger partial charge in [-0.25, -0.2) is 4.98 Å². The fraction of sp³-hybridized carbons (Fsp3) is 0.714. The summed E-state index contributed by atoms with van der Waals surface area (Å²) in [6.07, 6.45) is 5.13. The van der Waals surface area contributed by atoms with Crippen LogP contribution in [-0.4, -0.2) is 28.5 Å². The van der Waals surface area contributed by atoms with Crippen molar-refractivity contribution < 1.29 is 13.6 Å². The maximum atomic E-state index is 12.6. The molecule has 134 valence electrons. The Morgan fingerprint density at radius 3 is 2.70 bits per heavy atom. The summed E-state index contributed by atoms with van der Waals surface area (Å²) in [5, 5.41) is 5.98. The summed E-state index contributed by atoms with van der Waals surface area (Å²) < 4.78 is 26.0. The second kappa shape index (κ2) is 10.8. The molecule has 2 heterocycles. The summed E-state index contributed by atoms with van der Waals surface area (Å²) in [6.45, 7) is 1.49. The van der Waals surface area contributed by atoms with Gasteiger partial charge in [0, 0.05) is 18.8 Å². The second-order valence-corrected chi connectivity index (χ2v) is 5.57. The fourth-order valence-corrected chi connectivity index (χ4v) is 2.78. The highest BCUT2D eigenvalue weighted by Crippen LogP contribution is 2.24. The first kappa shape index (κ1) is 22.1. The van der Waals surface area contributed by atoms with Gasteiger partial charge in [-0.05, 0) is 37.8 Å². The molecule has 23 heavy (non-hydrogen) atoms. The smallest absolute Gasteiger partial charge is 0.319 e. The van der Waals surface area contributed by atoms with Gasteiger partial charge < -0.3 is 10.6 Å². The SMILES string of the molecule is CC(CC(=O)NCc1nccn1C(F)F)C1CCNCC1.Cl.Cl. The quantitative estimate of drug-likeness (QED) is 0.806. The minimum absolute atomic E-state index is 0. The molecule has 1 atom stereocenters. The Labute approximate surface area is 147 Å². The molecule has 2 N–H and O–H groups in total. The number of aromatic nitrogens is 2. The molecule has 1 amide bonds. The van der Waals surface area contributed by atoms with Gasteiger partial charge in [-0.3, -0.25) is 9.36 Å². The van der Waals surface area contributed by atoms with Crippen LogP contribution < -0.4 is 10.6 Å². The maximum Gasteiger partial charge on any atom is 0.319 e. The van der Waals surface area contributed by atoms with Gasteiger partial charge in [0.25, 0.3) is 0 Å². The molecule has 0 saturated carbocycles. The summed E-state index contributed by atoms with van der Waals surface area (Å²) >= 11 is 0. The third kappa shape index (κ3) is 6.61. The molecule has 1 aromatic heterocycles. The monoisotopic (exact) mass is 372 g/mol. The Hall–Kier alpha value is -0.920. The number of nitrogens with zero attached hydrogens (tertiary/aromatic N) is 2. The number of rotatable bonds is 6. The van der Waals surface area contributed by atoms with Crippen molar-refractivity contribution in [2.75, 3.05) is 13.1 Å². The molecule has 1 aromatic rings. The van der Waals surface area contributed by atoms with Crippen molar-refractivity contribution in [1.82, 2.24) is 20.2 Å². The number of nitrogens with one attached hydrogen (secondary N) is 2. The maximum absolute atomic E-state index is 12.6. The molecule has 1 fully saturated rings. The number of alkyl halides is 2. The molecule has 1 aliphatic rings. The third-order valence-electron chi connectivity index (χ3n) is 4.10. The van der Waals surface area contributed by atoms with Gasteiger partial charge >= 0.3 is 6.55 Å². The number of amides is 1. The number of hydrogen-bond acceptors (Lipinski definition) is 3. The Morgan fingerprint density at radius 2 is 2.09 bits per heavy atom. The van der Waals surface area contributed by atoms with Crippen molar-refractivity contribution in [3.8, 4) is 0 Å². The molecule has 0 aliphatic carbocycles. The molecule has 0 radical (unpaired) electrons. The van der Waals surface area contributed by atoms with Crippen molar-refractivity contribution in [1.29, 1.82) is 0 Å². The highest BCUT2D eigenvalue weighted by Gasteiger charge is 2.22. The fourth-order valence-electron chi connectivity index (χ4n) is 2.78. The third-order valence-corrected chi connectivity index (χ3v) is 4.10. The zero-order chi connectivity index (χ0) is 15.2. The van der Waals surface area contributed by atoms with Crippen LogP contribution in [-0.2, 0) is 11.3 Å². The molecular weight excluding hydrogens is 349 g/mol. The Balaban J connectivity index is 0.00000242. The summed E-state index contributed by atoms with van der Waals surface area (Å²) in [6, 6.07) is 0. The number of carbonyl (C=O) groups is 1. The van der Waals surface area contributed by atoms with Crippen LogP contribution in [0.1, 0.15) is 38.6 Å². The van der Waals surface area contributed by atoms with E-state index >= 15 is 0 Å². The second-order valence-electron chi connectivity index (χ2n) is 5.57. The summed E-state index contributed by atoms with van der Waals surface area (Å²) in [5.41, 5.74) is 0. The van der Waals surface area contributed by atoms with E-state index in [9.17, 15) is 13.6 Å². The van der Waals surface area contributed by atoms with Crippen LogP contribution in [0.4, 0.5) is 8.78 Å². The van der Waals surface area contributed by atoms with E-state index in [1.165, 1.54) is 12.4 Å². The van der Waals surface area contributed by atoms with Crippen LogP contribution in [0, 0.1) is 11.8 Å². The first-order chi connectivity index (χ1) is 10.1. The lowest BCUT2D eigenvalue weighted by molar-refractivity contribution is -0.122. The number of halogens is 4. The van der Waals surface area contributed by atoms with Crippen LogP contribution >= 0.6 is 24.8 Å². The molecule has 1 aliphatic heterocycles. The molecule has 0 bridgehead atoms. The van der Waals surface area contributed by atoms with E-state index in [0.29, 0.717) is 18.3 Å². The first-order valence-electron chi connectivity index (χ1n) is 7.35. The number of carbonyl (C=O) groups excluding carboxylic acids is 1. The van der Waals surface area contributed by atoms with Gasteiger partial charge in [0.15, 0.2) is 0 Å². The molecule has 5 nitrogen and oxygen atoms in total. The van der Waals surface area contributed by atoms with Gasteiger partial charge in [-0.1, -0.05) is 6.92 Å². The van der Waals surface area contributed by atoms with E-state index < -0.39 is 6.55 Å². The van der Waals surface area contributed by atoms with Gasteiger partial charge in [0.2, 0.25) is 5.91 Å². The van der Waals surface area contributed by atoms with Crippen LogP contribution in [0.5, 0.6) is 0 Å². The summed E-state index contributed by atoms with van der Waals surface area (Å²) in [4.78, 5) is 15.8. The van der Waals surface area contributed by atoms with Crippen LogP contribution in [0.2, 0.25) is 0 Å². The van der Waals surface area contributed by atoms with E-state index in [-0.39, 0.29) is 43.1 Å². The van der Waals surface area contributed by atoms with Crippen molar-refractivity contribution in [3.63, 3.8) is 0 Å². The Morgan fingerprint density at radius 1 is 1.43 bits per heavy atom. The molecular formula is C14H24Cl2F2N4O. The molecule has 1 saturated heterocycles. The van der Waals surface area contributed by atoms with Gasteiger partial charge in [0.05, 0.1) is 6.54 Å². The highest BCUT2D eigenvalue weighted by atomic mass is 35.5. The molecule has 2 rings (SSSR count). The lowest BCUT2D eigenvalue weighted by atomic mass is 9.84. The van der Waals surface area contributed by atoms with E-state index in [0.717, 1.165) is 30.5 Å². The van der Waals surface area contributed by atoms with Crippen molar-refractivity contribution in [2.24, 2.45) is 11.8 Å². The zero-order valence-electron chi connectivity index (χ0n) is 13.0. The van der Waals surface area contributed by atoms with Gasteiger partial charge in [0.1, 0.15) is 5.82 Å². The molecule has 9 heteroatoms. The average Bonchev–Trinajstić information content (AvgIpc) is 2.94. The van der Waals surface area contributed by atoms with Crippen molar-refractivity contribution in [3.05, 3.63) is 18.2 Å². The first-order valence-corrected chi connectivity index (χ1v) is 7.35. The summed E-state index contributed by atoms with van der Waals surface area (Å²) in [5.74, 6) is 0.930. The molecule has 1 unspecified atom stereocenters. The minimum Gasteiger partial charge on any atom is -0.349 e. The van der Waals surface area contributed by atoms with E-state index in [4.69, 9.17) is 0 Å². The standard InChI is InChI=1S/C14H22F2N4O.2ClH/c1-10(11-2-4-17-5-3-11)8-13(21)19-9-12-18-6-7-20(12)14(15)16;;/h6-7,10-11,14,17H,2-5,8-9H2,1H3,(H,19,21);2*1H. The van der Waals surface area contributed by atoms with E-state index in [1.807, 2.05) is 0 Å². The largest absolute Gasteiger partial charge is 0.349 e. The predicted octanol–water partition coefficient (Wildman–Crippen LogP) is 2.76. The number of imidazole rings is 1. The summed E-state index contributed by atoms with van der Waals surface area (Å²) in [7, 11) is 0. The van der Waals surface area contributed by atoms with Crippen LogP contribution in [0.3, 0.4) is 0 Å². The Bertz CT molecular complexity index is 467. The normalized spacial score (nSPS) is 16.3. The van der Waals surface area contributed by atoms with Crippen LogP contribution in [0.15, 0.2) is 12.4 Å². The molecule has 0 aromatic carbocycles.